The van der Waals surface area contributed by atoms with Gasteiger partial charge in [-0.05, 0) is 88.4 Å². The Kier molecular flexibility index (Phi) is 7.54. The molecule has 35 heavy (non-hydrogen) atoms. The summed E-state index contributed by atoms with van der Waals surface area (Å²) in [6.07, 6.45) is 1.83. The first-order valence-electron chi connectivity index (χ1n) is 12.2. The Morgan fingerprint density at radius 1 is 1.03 bits per heavy atom. The van der Waals surface area contributed by atoms with Crippen molar-refractivity contribution in [1.29, 1.82) is 0 Å². The van der Waals surface area contributed by atoms with E-state index in [0.717, 1.165) is 40.3 Å². The first-order valence-corrected chi connectivity index (χ1v) is 14.5. The van der Waals surface area contributed by atoms with E-state index in [-0.39, 0.29) is 5.54 Å². The second-order valence-electron chi connectivity index (χ2n) is 10.1. The lowest BCUT2D eigenvalue weighted by atomic mass is 10.0. The molecule has 0 aliphatic carbocycles. The van der Waals surface area contributed by atoms with E-state index in [0.29, 0.717) is 30.5 Å². The average molecular weight is 514 g/mol. The molecule has 1 aliphatic heterocycles. The largest absolute Gasteiger partial charge is 0.494 e. The molecule has 8 heteroatoms. The summed E-state index contributed by atoms with van der Waals surface area (Å²) in [6, 6.07) is 15.1. The van der Waals surface area contributed by atoms with E-state index in [2.05, 4.69) is 37.6 Å². The first-order chi connectivity index (χ1) is 16.6. The number of hydrogen-bond acceptors (Lipinski definition) is 5. The minimum Gasteiger partial charge on any atom is -0.494 e. The van der Waals surface area contributed by atoms with Gasteiger partial charge in [-0.15, -0.1) is 11.3 Å². The van der Waals surface area contributed by atoms with Crippen molar-refractivity contribution in [2.24, 2.45) is 10.9 Å². The Morgan fingerprint density at radius 2 is 1.66 bits per heavy atom. The zero-order valence-electron chi connectivity index (χ0n) is 21.2. The number of rotatable bonds is 6. The highest BCUT2D eigenvalue weighted by Crippen LogP contribution is 2.29. The summed E-state index contributed by atoms with van der Waals surface area (Å²) < 4.78 is 35.6. The molecule has 188 valence electrons. The summed E-state index contributed by atoms with van der Waals surface area (Å²) in [5, 5.41) is 2.09. The van der Waals surface area contributed by atoms with Gasteiger partial charge in [0.2, 0.25) is 10.0 Å². The van der Waals surface area contributed by atoms with Crippen LogP contribution in [-0.2, 0) is 15.6 Å². The van der Waals surface area contributed by atoms with Crippen molar-refractivity contribution in [3.8, 4) is 17.0 Å². The fraction of sp³-hybridized carbons (Fsp3) is 0.444. The zero-order valence-corrected chi connectivity index (χ0v) is 22.8. The molecule has 4 rings (SSSR count). The standard InChI is InChI=1S/C27H35N3O3S2/c1-6-33-23-11-9-22(10-12-23)28-26-30(27(3,4)5)25(19-34-26)21-7-13-24(14-8-21)35(31,32)29-17-15-20(2)16-18-29/h7-14,19-20H,6,15-18H2,1-5H3. The Hall–Kier alpha value is -2.42. The van der Waals surface area contributed by atoms with Gasteiger partial charge in [-0.25, -0.2) is 13.4 Å². The Morgan fingerprint density at radius 3 is 2.23 bits per heavy atom. The highest BCUT2D eigenvalue weighted by atomic mass is 32.2. The Labute approximate surface area is 213 Å². The zero-order chi connectivity index (χ0) is 25.2. The van der Waals surface area contributed by atoms with Crippen molar-refractivity contribution in [1.82, 2.24) is 8.87 Å². The van der Waals surface area contributed by atoms with Gasteiger partial charge in [0.05, 0.1) is 22.9 Å². The number of benzene rings is 2. The highest BCUT2D eigenvalue weighted by Gasteiger charge is 2.28. The van der Waals surface area contributed by atoms with E-state index in [4.69, 9.17) is 9.73 Å². The van der Waals surface area contributed by atoms with Crippen LogP contribution in [-0.4, -0.2) is 37.0 Å². The van der Waals surface area contributed by atoms with E-state index in [1.807, 2.05) is 43.3 Å². The van der Waals surface area contributed by atoms with E-state index in [1.54, 1.807) is 27.8 Å². The smallest absolute Gasteiger partial charge is 0.243 e. The van der Waals surface area contributed by atoms with Gasteiger partial charge in [0.15, 0.2) is 4.80 Å². The van der Waals surface area contributed by atoms with Crippen molar-refractivity contribution in [2.75, 3.05) is 19.7 Å². The predicted octanol–water partition coefficient (Wildman–Crippen LogP) is 6.02. The molecule has 0 spiro atoms. The summed E-state index contributed by atoms with van der Waals surface area (Å²) in [5.74, 6) is 1.41. The molecule has 0 N–H and O–H groups in total. The summed E-state index contributed by atoms with van der Waals surface area (Å²) in [5.41, 5.74) is 2.63. The molecule has 0 amide bonds. The lowest BCUT2D eigenvalue weighted by molar-refractivity contribution is 0.288. The van der Waals surface area contributed by atoms with Gasteiger partial charge in [-0.1, -0.05) is 19.1 Å². The van der Waals surface area contributed by atoms with Crippen LogP contribution in [0.15, 0.2) is 63.8 Å². The van der Waals surface area contributed by atoms with Crippen LogP contribution in [0.1, 0.15) is 47.5 Å². The maximum absolute atomic E-state index is 13.1. The van der Waals surface area contributed by atoms with E-state index < -0.39 is 10.0 Å². The summed E-state index contributed by atoms with van der Waals surface area (Å²) in [7, 11) is -3.47. The molecule has 0 saturated carbocycles. The van der Waals surface area contributed by atoms with Gasteiger partial charge >= 0.3 is 0 Å². The molecular formula is C27H35N3O3S2. The topological polar surface area (TPSA) is 63.9 Å². The van der Waals surface area contributed by atoms with Crippen molar-refractivity contribution in [3.05, 3.63) is 58.7 Å². The number of ether oxygens (including phenoxy) is 1. The number of nitrogens with zero attached hydrogens (tertiary/aromatic N) is 3. The molecular weight excluding hydrogens is 478 g/mol. The van der Waals surface area contributed by atoms with Crippen LogP contribution in [0.4, 0.5) is 5.69 Å². The van der Waals surface area contributed by atoms with Gasteiger partial charge in [0.1, 0.15) is 5.75 Å². The second-order valence-corrected chi connectivity index (χ2v) is 12.8. The minimum absolute atomic E-state index is 0.214. The number of piperidine rings is 1. The van der Waals surface area contributed by atoms with Crippen molar-refractivity contribution in [3.63, 3.8) is 0 Å². The Bertz CT molecular complexity index is 1310. The van der Waals surface area contributed by atoms with E-state index >= 15 is 0 Å². The number of aromatic nitrogens is 1. The quantitative estimate of drug-likeness (QED) is 0.405. The van der Waals surface area contributed by atoms with Crippen LogP contribution in [0.3, 0.4) is 0 Å². The molecule has 0 radical (unpaired) electrons. The van der Waals surface area contributed by atoms with Gasteiger partial charge in [-0.2, -0.15) is 4.31 Å². The van der Waals surface area contributed by atoms with Crippen LogP contribution in [0, 0.1) is 5.92 Å². The van der Waals surface area contributed by atoms with Crippen molar-refractivity contribution in [2.45, 2.75) is 57.9 Å². The minimum atomic E-state index is -3.47. The molecule has 1 aromatic heterocycles. The predicted molar refractivity (Wildman–Crippen MR) is 143 cm³/mol. The third kappa shape index (κ3) is 5.71. The molecule has 0 bridgehead atoms. The van der Waals surface area contributed by atoms with Crippen molar-refractivity contribution >= 4 is 27.0 Å². The van der Waals surface area contributed by atoms with Gasteiger partial charge in [0, 0.05) is 24.0 Å². The molecule has 0 unspecified atom stereocenters. The molecule has 1 saturated heterocycles. The Balaban J connectivity index is 1.67. The lowest BCUT2D eigenvalue weighted by Gasteiger charge is -2.29. The molecule has 1 aliphatic rings. The fourth-order valence-electron chi connectivity index (χ4n) is 4.30. The monoisotopic (exact) mass is 513 g/mol. The van der Waals surface area contributed by atoms with Crippen LogP contribution in [0.2, 0.25) is 0 Å². The number of thiazole rings is 1. The average Bonchev–Trinajstić information content (AvgIpc) is 3.25. The normalized spacial score (nSPS) is 16.5. The highest BCUT2D eigenvalue weighted by molar-refractivity contribution is 7.89. The van der Waals surface area contributed by atoms with E-state index in [1.165, 1.54) is 0 Å². The maximum atomic E-state index is 13.1. The molecule has 6 nitrogen and oxygen atoms in total. The third-order valence-corrected chi connectivity index (χ3v) is 9.02. The SMILES string of the molecule is CCOc1ccc(N=c2scc(-c3ccc(S(=O)(=O)N4CCC(C)CC4)cc3)n2C(C)(C)C)cc1. The number of sulfonamides is 1. The molecule has 2 heterocycles. The molecule has 1 fully saturated rings. The lowest BCUT2D eigenvalue weighted by Crippen LogP contribution is -2.37. The fourth-order valence-corrected chi connectivity index (χ4v) is 6.87. The molecule has 2 aromatic carbocycles. The van der Waals surface area contributed by atoms with Crippen LogP contribution in [0.5, 0.6) is 5.75 Å². The molecule has 0 atom stereocenters. The summed E-state index contributed by atoms with van der Waals surface area (Å²) in [4.78, 5) is 6.14. The van der Waals surface area contributed by atoms with E-state index in [9.17, 15) is 8.42 Å². The third-order valence-electron chi connectivity index (χ3n) is 6.28. The second kappa shape index (κ2) is 10.3. The van der Waals surface area contributed by atoms with Gasteiger partial charge in [0.25, 0.3) is 0 Å². The van der Waals surface area contributed by atoms with Crippen LogP contribution >= 0.6 is 11.3 Å². The van der Waals surface area contributed by atoms with Gasteiger partial charge < -0.3 is 9.30 Å². The van der Waals surface area contributed by atoms with Crippen LogP contribution in [0.25, 0.3) is 11.3 Å². The summed E-state index contributed by atoms with van der Waals surface area (Å²) in [6.45, 7) is 12.4. The van der Waals surface area contributed by atoms with Crippen LogP contribution < -0.4 is 9.54 Å². The summed E-state index contributed by atoms with van der Waals surface area (Å²) >= 11 is 1.58. The number of hydrogen-bond donors (Lipinski definition) is 0. The first kappa shape index (κ1) is 25.7. The van der Waals surface area contributed by atoms with Crippen molar-refractivity contribution < 1.29 is 13.2 Å². The maximum Gasteiger partial charge on any atom is 0.243 e. The van der Waals surface area contributed by atoms with Gasteiger partial charge in [-0.3, -0.25) is 0 Å². The molecule has 3 aromatic rings.